The number of hydrogen-bond donors (Lipinski definition) is 2. The van der Waals surface area contributed by atoms with Crippen molar-refractivity contribution in [2.75, 3.05) is 13.2 Å². The van der Waals surface area contributed by atoms with Gasteiger partial charge in [-0.1, -0.05) is 38.1 Å². The number of aryl methyl sites for hydroxylation is 1. The summed E-state index contributed by atoms with van der Waals surface area (Å²) >= 11 is 1.58. The van der Waals surface area contributed by atoms with Gasteiger partial charge < -0.3 is 29.4 Å². The number of amides is 2. The number of aliphatic hydroxyl groups is 1. The number of carbonyl (C=O) groups excluding carboxylic acids is 3. The maximum atomic E-state index is 13.7. The van der Waals surface area contributed by atoms with Gasteiger partial charge in [0.1, 0.15) is 18.2 Å². The van der Waals surface area contributed by atoms with E-state index in [2.05, 4.69) is 15.5 Å². The number of aliphatic hydroxyl groups excluding tert-OH is 1. The second kappa shape index (κ2) is 13.0. The zero-order chi connectivity index (χ0) is 27.9. The molecule has 1 saturated heterocycles. The first-order valence-corrected chi connectivity index (χ1v) is 13.9. The van der Waals surface area contributed by atoms with Gasteiger partial charge in [0.25, 0.3) is 5.88 Å². The number of rotatable bonds is 12. The molecule has 2 N–H and O–H groups in total. The van der Waals surface area contributed by atoms with Crippen LogP contribution in [0.3, 0.4) is 0 Å². The molecule has 2 amide bonds. The summed E-state index contributed by atoms with van der Waals surface area (Å²) < 4.78 is 11.0. The lowest BCUT2D eigenvalue weighted by Crippen LogP contribution is -2.48. The number of thiazole rings is 1. The number of aldehydes is 1. The zero-order valence-electron chi connectivity index (χ0n) is 22.3. The highest BCUT2D eigenvalue weighted by Gasteiger charge is 2.43. The van der Waals surface area contributed by atoms with Crippen LogP contribution in [0.1, 0.15) is 56.0 Å². The lowest BCUT2D eigenvalue weighted by Gasteiger charge is -2.28. The van der Waals surface area contributed by atoms with E-state index in [0.717, 1.165) is 28.0 Å². The third kappa shape index (κ3) is 6.90. The van der Waals surface area contributed by atoms with Gasteiger partial charge in [-0.25, -0.2) is 4.98 Å². The first-order valence-electron chi connectivity index (χ1n) is 13.1. The minimum atomic E-state index is -0.800. The maximum absolute atomic E-state index is 13.7. The molecule has 0 spiro atoms. The van der Waals surface area contributed by atoms with Crippen molar-refractivity contribution in [1.82, 2.24) is 20.4 Å². The summed E-state index contributed by atoms with van der Waals surface area (Å²) in [6.07, 6.45) is 1.12. The minimum Gasteiger partial charge on any atom is -0.475 e. The fourth-order valence-corrected chi connectivity index (χ4v) is 5.52. The predicted octanol–water partition coefficient (Wildman–Crippen LogP) is 3.48. The van der Waals surface area contributed by atoms with Crippen LogP contribution in [-0.2, 0) is 20.9 Å². The molecular formula is C28H34N4O6S. The number of aromatic nitrogens is 2. The first kappa shape index (κ1) is 28.4. The fourth-order valence-electron chi connectivity index (χ4n) is 4.71. The lowest BCUT2D eigenvalue weighted by atomic mass is 9.91. The van der Waals surface area contributed by atoms with Crippen molar-refractivity contribution in [1.29, 1.82) is 0 Å². The molecule has 3 atom stereocenters. The Morgan fingerprint density at radius 1 is 1.31 bits per heavy atom. The second-order valence-electron chi connectivity index (χ2n) is 10.0. The molecule has 11 heteroatoms. The molecular weight excluding hydrogens is 520 g/mol. The SMILES string of the molecule is Cc1ncsc1-c1ccc(CNC(=O)[C@@H]2C[C@@H](O)CN2C(=O)C(c2cc(OCCCC=O)no2)C(C)C)cc1. The highest BCUT2D eigenvalue weighted by Crippen LogP contribution is 2.32. The van der Waals surface area contributed by atoms with Crippen LogP contribution in [0.2, 0.25) is 0 Å². The Bertz CT molecular complexity index is 1270. The van der Waals surface area contributed by atoms with Crippen LogP contribution in [0.5, 0.6) is 5.88 Å². The van der Waals surface area contributed by atoms with E-state index in [-0.39, 0.29) is 36.6 Å². The molecule has 39 heavy (non-hydrogen) atoms. The molecule has 10 nitrogen and oxygen atoms in total. The summed E-state index contributed by atoms with van der Waals surface area (Å²) in [7, 11) is 0. The molecule has 1 unspecified atom stereocenters. The second-order valence-corrected chi connectivity index (χ2v) is 10.9. The van der Waals surface area contributed by atoms with Gasteiger partial charge in [-0.3, -0.25) is 9.59 Å². The number of benzene rings is 1. The summed E-state index contributed by atoms with van der Waals surface area (Å²) in [5, 5.41) is 17.2. The molecule has 4 rings (SSSR count). The van der Waals surface area contributed by atoms with Gasteiger partial charge in [0.15, 0.2) is 5.76 Å². The molecule has 1 aliphatic heterocycles. The fraction of sp³-hybridized carbons (Fsp3) is 0.464. The Hall–Kier alpha value is -3.57. The molecule has 3 heterocycles. The number of nitrogens with one attached hydrogen (secondary N) is 1. The minimum absolute atomic E-state index is 0.0617. The van der Waals surface area contributed by atoms with Crippen LogP contribution >= 0.6 is 11.3 Å². The number of likely N-dealkylation sites (tertiary alicyclic amines) is 1. The van der Waals surface area contributed by atoms with Gasteiger partial charge >= 0.3 is 0 Å². The van der Waals surface area contributed by atoms with Crippen LogP contribution in [0.15, 0.2) is 40.4 Å². The normalized spacial score (nSPS) is 17.8. The zero-order valence-corrected chi connectivity index (χ0v) is 23.1. The topological polar surface area (TPSA) is 135 Å². The summed E-state index contributed by atoms with van der Waals surface area (Å²) in [5.74, 6) is -0.918. The molecule has 0 aliphatic carbocycles. The van der Waals surface area contributed by atoms with E-state index in [1.54, 1.807) is 17.4 Å². The molecule has 0 radical (unpaired) electrons. The molecule has 3 aromatic rings. The van der Waals surface area contributed by atoms with Gasteiger partial charge in [0, 0.05) is 32.0 Å². The van der Waals surface area contributed by atoms with Crippen molar-refractivity contribution in [2.45, 2.75) is 64.6 Å². The van der Waals surface area contributed by atoms with Crippen LogP contribution < -0.4 is 10.1 Å². The lowest BCUT2D eigenvalue weighted by molar-refractivity contribution is -0.141. The van der Waals surface area contributed by atoms with Crippen LogP contribution in [0.4, 0.5) is 0 Å². The summed E-state index contributed by atoms with van der Waals surface area (Å²) in [6.45, 7) is 6.41. The number of nitrogens with zero attached hydrogens (tertiary/aromatic N) is 3. The highest BCUT2D eigenvalue weighted by atomic mass is 32.1. The van der Waals surface area contributed by atoms with Crippen LogP contribution in [0, 0.1) is 12.8 Å². The molecule has 2 aromatic heterocycles. The van der Waals surface area contributed by atoms with E-state index in [0.29, 0.717) is 31.8 Å². The number of carbonyl (C=O) groups is 3. The van der Waals surface area contributed by atoms with Gasteiger partial charge in [-0.2, -0.15) is 0 Å². The maximum Gasteiger partial charge on any atom is 0.254 e. The van der Waals surface area contributed by atoms with Gasteiger partial charge in [-0.05, 0) is 35.5 Å². The van der Waals surface area contributed by atoms with Gasteiger partial charge in [-0.15, -0.1) is 11.3 Å². The number of ether oxygens (including phenoxy) is 1. The third-order valence-corrected chi connectivity index (χ3v) is 7.73. The smallest absolute Gasteiger partial charge is 0.254 e. The van der Waals surface area contributed by atoms with E-state index in [1.807, 2.05) is 50.5 Å². The van der Waals surface area contributed by atoms with Gasteiger partial charge in [0.05, 0.1) is 28.8 Å². The van der Waals surface area contributed by atoms with E-state index >= 15 is 0 Å². The molecule has 1 fully saturated rings. The number of hydrogen-bond acceptors (Lipinski definition) is 9. The van der Waals surface area contributed by atoms with Gasteiger partial charge in [0.2, 0.25) is 11.8 Å². The molecule has 0 bridgehead atoms. The van der Waals surface area contributed by atoms with Crippen molar-refractivity contribution in [3.8, 4) is 16.3 Å². The first-order chi connectivity index (χ1) is 18.8. The Kier molecular flexibility index (Phi) is 9.47. The monoisotopic (exact) mass is 554 g/mol. The standard InChI is InChI=1S/C28H34N4O6S/c1-17(2)25(23-13-24(31-38-23)37-11-5-4-10-33)28(36)32-15-21(34)12-22(32)27(35)29-14-19-6-8-20(9-7-19)26-18(3)30-16-39-26/h6-10,13,16-17,21-22,25,34H,4-5,11-12,14-15H2,1-3H3,(H,29,35)/t21-,22+,25?/m1/s1. The predicted molar refractivity (Wildman–Crippen MR) is 145 cm³/mol. The molecule has 208 valence electrons. The highest BCUT2D eigenvalue weighted by molar-refractivity contribution is 7.13. The quantitative estimate of drug-likeness (QED) is 0.257. The number of unbranched alkanes of at least 4 members (excludes halogenated alkanes) is 1. The average Bonchev–Trinajstić information content (AvgIpc) is 3.65. The Morgan fingerprint density at radius 2 is 2.08 bits per heavy atom. The number of β-amino-alcohol motifs (C(OH)–C–C–N with tert-alkyl or cyclic N) is 1. The van der Waals surface area contributed by atoms with E-state index in [9.17, 15) is 19.5 Å². The summed E-state index contributed by atoms with van der Waals surface area (Å²) in [5.41, 5.74) is 4.79. The van der Waals surface area contributed by atoms with E-state index in [1.165, 1.54) is 4.90 Å². The van der Waals surface area contributed by atoms with Crippen molar-refractivity contribution >= 4 is 29.4 Å². The Labute approximate surface area is 231 Å². The van der Waals surface area contributed by atoms with E-state index < -0.39 is 18.1 Å². The van der Waals surface area contributed by atoms with E-state index in [4.69, 9.17) is 9.26 Å². The van der Waals surface area contributed by atoms with Crippen molar-refractivity contribution in [3.05, 3.63) is 52.9 Å². The van der Waals surface area contributed by atoms with Crippen molar-refractivity contribution < 1.29 is 28.8 Å². The Morgan fingerprint density at radius 3 is 2.74 bits per heavy atom. The molecule has 1 aromatic carbocycles. The summed E-state index contributed by atoms with van der Waals surface area (Å²) in [4.78, 5) is 44.2. The summed E-state index contributed by atoms with van der Waals surface area (Å²) in [6, 6.07) is 8.69. The van der Waals surface area contributed by atoms with Crippen LogP contribution in [0.25, 0.3) is 10.4 Å². The van der Waals surface area contributed by atoms with Crippen molar-refractivity contribution in [3.63, 3.8) is 0 Å². The molecule has 0 saturated carbocycles. The average molecular weight is 555 g/mol. The van der Waals surface area contributed by atoms with Crippen molar-refractivity contribution in [2.24, 2.45) is 5.92 Å². The third-order valence-electron chi connectivity index (χ3n) is 6.76. The van der Waals surface area contributed by atoms with Crippen LogP contribution in [-0.4, -0.2) is 63.5 Å². The largest absolute Gasteiger partial charge is 0.475 e. The Balaban J connectivity index is 1.40. The molecule has 1 aliphatic rings.